The van der Waals surface area contributed by atoms with Crippen molar-refractivity contribution in [3.63, 3.8) is 0 Å². The van der Waals surface area contributed by atoms with Crippen molar-refractivity contribution in [2.45, 2.75) is 29.7 Å². The number of amides is 1. The first-order chi connectivity index (χ1) is 11.6. The molecule has 1 unspecified atom stereocenters. The summed E-state index contributed by atoms with van der Waals surface area (Å²) in [6.45, 7) is 0. The molecule has 1 fully saturated rings. The number of primary amides is 1. The van der Waals surface area contributed by atoms with E-state index < -0.39 is 5.92 Å². The summed E-state index contributed by atoms with van der Waals surface area (Å²) in [7, 11) is 0. The van der Waals surface area contributed by atoms with Gasteiger partial charge in [-0.05, 0) is 42.7 Å². The van der Waals surface area contributed by atoms with Crippen LogP contribution in [0.25, 0.3) is 0 Å². The minimum Gasteiger partial charge on any atom is -0.369 e. The van der Waals surface area contributed by atoms with Gasteiger partial charge >= 0.3 is 0 Å². The fraction of sp³-hybridized carbons (Fsp3) is 0.278. The number of nitrogens with two attached hydrogens (primary N) is 1. The van der Waals surface area contributed by atoms with Gasteiger partial charge in [-0.15, -0.1) is 11.8 Å². The molecule has 24 heavy (non-hydrogen) atoms. The van der Waals surface area contributed by atoms with E-state index in [9.17, 15) is 10.1 Å². The van der Waals surface area contributed by atoms with E-state index in [4.69, 9.17) is 5.73 Å². The molecule has 6 heteroatoms. The van der Waals surface area contributed by atoms with Crippen molar-refractivity contribution >= 4 is 33.6 Å². The molecule has 0 saturated heterocycles. The van der Waals surface area contributed by atoms with E-state index in [1.807, 2.05) is 36.4 Å². The van der Waals surface area contributed by atoms with Gasteiger partial charge in [0.2, 0.25) is 5.91 Å². The molecule has 0 spiro atoms. The number of aromatic nitrogens is 1. The molecular weight excluding hydrogens is 386 g/mol. The summed E-state index contributed by atoms with van der Waals surface area (Å²) in [5.74, 6) is 0.199. The van der Waals surface area contributed by atoms with Crippen LogP contribution in [-0.4, -0.2) is 16.6 Å². The molecule has 0 aliphatic heterocycles. The second-order valence-electron chi connectivity index (χ2n) is 5.79. The maximum absolute atomic E-state index is 11.9. The number of pyridine rings is 1. The van der Waals surface area contributed by atoms with E-state index in [1.165, 1.54) is 11.8 Å². The molecular formula is C18H16BrN3OS. The van der Waals surface area contributed by atoms with Crippen molar-refractivity contribution < 1.29 is 4.79 Å². The van der Waals surface area contributed by atoms with Gasteiger partial charge in [-0.3, -0.25) is 4.79 Å². The molecule has 1 atom stereocenters. The maximum atomic E-state index is 11.9. The summed E-state index contributed by atoms with van der Waals surface area (Å²) in [6, 6.07) is 13.5. The lowest BCUT2D eigenvalue weighted by Crippen LogP contribution is -2.23. The van der Waals surface area contributed by atoms with Crippen molar-refractivity contribution in [3.05, 3.63) is 57.7 Å². The Morgan fingerprint density at radius 2 is 2.04 bits per heavy atom. The molecule has 3 rings (SSSR count). The highest BCUT2D eigenvalue weighted by molar-refractivity contribution is 9.10. The summed E-state index contributed by atoms with van der Waals surface area (Å²) < 4.78 is 0.952. The van der Waals surface area contributed by atoms with E-state index in [0.717, 1.165) is 28.6 Å². The van der Waals surface area contributed by atoms with E-state index in [-0.39, 0.29) is 5.91 Å². The lowest BCUT2D eigenvalue weighted by molar-refractivity contribution is -0.118. The number of nitriles is 1. The summed E-state index contributed by atoms with van der Waals surface area (Å²) in [5, 5.41) is 9.97. The Balaban J connectivity index is 1.79. The molecule has 1 aliphatic rings. The van der Waals surface area contributed by atoms with Crippen LogP contribution in [0.15, 0.2) is 45.9 Å². The average molecular weight is 402 g/mol. The third-order valence-corrected chi connectivity index (χ3v) is 5.61. The van der Waals surface area contributed by atoms with Gasteiger partial charge in [-0.1, -0.05) is 28.1 Å². The first-order valence-electron chi connectivity index (χ1n) is 7.67. The quantitative estimate of drug-likeness (QED) is 0.742. The lowest BCUT2D eigenvalue weighted by Gasteiger charge is -2.14. The van der Waals surface area contributed by atoms with E-state index >= 15 is 0 Å². The Labute approximate surface area is 153 Å². The molecule has 1 aromatic heterocycles. The van der Waals surface area contributed by atoms with Crippen LogP contribution in [0.2, 0.25) is 0 Å². The van der Waals surface area contributed by atoms with Crippen molar-refractivity contribution in [2.75, 3.05) is 5.75 Å². The second-order valence-corrected chi connectivity index (χ2v) is 7.72. The Morgan fingerprint density at radius 3 is 2.62 bits per heavy atom. The van der Waals surface area contributed by atoms with Crippen LogP contribution in [0, 0.1) is 11.3 Å². The smallest absolute Gasteiger partial charge is 0.225 e. The fourth-order valence-corrected chi connectivity index (χ4v) is 3.84. The highest BCUT2D eigenvalue weighted by Gasteiger charge is 2.26. The second kappa shape index (κ2) is 7.37. The van der Waals surface area contributed by atoms with Gasteiger partial charge in [0.1, 0.15) is 11.1 Å². The van der Waals surface area contributed by atoms with Gasteiger partial charge in [0.25, 0.3) is 0 Å². The van der Waals surface area contributed by atoms with Crippen molar-refractivity contribution in [1.82, 2.24) is 4.98 Å². The van der Waals surface area contributed by atoms with E-state index in [0.29, 0.717) is 22.3 Å². The predicted octanol–water partition coefficient (Wildman–Crippen LogP) is 3.95. The Kier molecular flexibility index (Phi) is 5.22. The van der Waals surface area contributed by atoms with Gasteiger partial charge in [0.05, 0.1) is 11.5 Å². The van der Waals surface area contributed by atoms with Crippen LogP contribution in [0.4, 0.5) is 0 Å². The maximum Gasteiger partial charge on any atom is 0.225 e. The molecule has 1 amide bonds. The molecule has 2 aromatic rings. The predicted molar refractivity (Wildman–Crippen MR) is 97.7 cm³/mol. The monoisotopic (exact) mass is 401 g/mol. The van der Waals surface area contributed by atoms with Crippen LogP contribution in [0.5, 0.6) is 0 Å². The third-order valence-electron chi connectivity index (χ3n) is 4.00. The number of halogens is 1. The average Bonchev–Trinajstić information content (AvgIpc) is 3.41. The first kappa shape index (κ1) is 17.0. The number of benzene rings is 1. The SMILES string of the molecule is N#Cc1ccc(C2CC2)nc1SCC(C(N)=O)c1ccc(Br)cc1. The normalized spacial score (nSPS) is 14.8. The Bertz CT molecular complexity index is 797. The Morgan fingerprint density at radius 1 is 1.33 bits per heavy atom. The minimum atomic E-state index is -0.416. The largest absolute Gasteiger partial charge is 0.369 e. The summed E-state index contributed by atoms with van der Waals surface area (Å²) in [5.41, 5.74) is 8.03. The van der Waals surface area contributed by atoms with Crippen molar-refractivity contribution in [2.24, 2.45) is 5.73 Å². The van der Waals surface area contributed by atoms with Crippen LogP contribution in [0.1, 0.15) is 41.5 Å². The number of hydrogen-bond donors (Lipinski definition) is 1. The Hall–Kier alpha value is -1.84. The van der Waals surface area contributed by atoms with Gasteiger partial charge in [0.15, 0.2) is 0 Å². The zero-order chi connectivity index (χ0) is 17.1. The number of nitrogens with zero attached hydrogens (tertiary/aromatic N) is 2. The third kappa shape index (κ3) is 3.97. The number of rotatable bonds is 6. The summed E-state index contributed by atoms with van der Waals surface area (Å²) in [4.78, 5) is 16.5. The highest BCUT2D eigenvalue weighted by atomic mass is 79.9. The molecule has 1 saturated carbocycles. The number of carbonyl (C=O) groups is 1. The highest BCUT2D eigenvalue weighted by Crippen LogP contribution is 2.40. The zero-order valence-electron chi connectivity index (χ0n) is 12.9. The van der Waals surface area contributed by atoms with Gasteiger partial charge in [0, 0.05) is 21.8 Å². The zero-order valence-corrected chi connectivity index (χ0v) is 15.3. The summed E-state index contributed by atoms with van der Waals surface area (Å²) in [6.07, 6.45) is 2.32. The van der Waals surface area contributed by atoms with Gasteiger partial charge < -0.3 is 5.73 Å². The minimum absolute atomic E-state index is 0.373. The van der Waals surface area contributed by atoms with E-state index in [2.05, 4.69) is 27.0 Å². The topological polar surface area (TPSA) is 79.8 Å². The van der Waals surface area contributed by atoms with E-state index in [1.54, 1.807) is 0 Å². The fourth-order valence-electron chi connectivity index (χ4n) is 2.46. The lowest BCUT2D eigenvalue weighted by atomic mass is 10.0. The molecule has 4 nitrogen and oxygen atoms in total. The molecule has 0 bridgehead atoms. The summed E-state index contributed by atoms with van der Waals surface area (Å²) >= 11 is 4.81. The van der Waals surface area contributed by atoms with Crippen molar-refractivity contribution in [3.8, 4) is 6.07 Å². The molecule has 1 heterocycles. The first-order valence-corrected chi connectivity index (χ1v) is 9.45. The molecule has 122 valence electrons. The van der Waals surface area contributed by atoms with Gasteiger partial charge in [-0.25, -0.2) is 4.98 Å². The van der Waals surface area contributed by atoms with Crippen LogP contribution >= 0.6 is 27.7 Å². The molecule has 0 radical (unpaired) electrons. The standard InChI is InChI=1S/C18H16BrN3OS/c19-14-6-3-11(4-7-14)15(17(21)23)10-24-18-13(9-20)5-8-16(22-18)12-1-2-12/h3-8,12,15H,1-2,10H2,(H2,21,23). The van der Waals surface area contributed by atoms with Crippen LogP contribution in [0.3, 0.4) is 0 Å². The van der Waals surface area contributed by atoms with Gasteiger partial charge in [-0.2, -0.15) is 5.26 Å². The molecule has 1 aliphatic carbocycles. The number of hydrogen-bond acceptors (Lipinski definition) is 4. The number of thioether (sulfide) groups is 1. The number of carbonyl (C=O) groups excluding carboxylic acids is 1. The molecule has 2 N–H and O–H groups in total. The van der Waals surface area contributed by atoms with Crippen molar-refractivity contribution in [1.29, 1.82) is 5.26 Å². The molecule has 1 aromatic carbocycles. The van der Waals surface area contributed by atoms with Crippen LogP contribution < -0.4 is 5.73 Å². The van der Waals surface area contributed by atoms with Crippen LogP contribution in [-0.2, 0) is 4.79 Å².